The fraction of sp³-hybridized carbons (Fsp3) is 0.455. The zero-order chi connectivity index (χ0) is 11.7. The molecular weight excluding hydrogens is 219 g/mol. The van der Waals surface area contributed by atoms with Crippen LogP contribution in [0.4, 0.5) is 18.9 Å². The maximum Gasteiger partial charge on any atom is 0.196 e. The molecule has 1 aromatic carbocycles. The third-order valence-electron chi connectivity index (χ3n) is 2.86. The molecule has 0 radical (unpaired) electrons. The second kappa shape index (κ2) is 4.33. The largest absolute Gasteiger partial charge is 0.391 e. The van der Waals surface area contributed by atoms with E-state index in [1.165, 1.54) is 0 Å². The van der Waals surface area contributed by atoms with E-state index in [0.29, 0.717) is 12.8 Å². The molecule has 1 aliphatic carbocycles. The first-order valence-electron chi connectivity index (χ1n) is 5.17. The molecule has 0 heterocycles. The van der Waals surface area contributed by atoms with Crippen molar-refractivity contribution in [3.63, 3.8) is 0 Å². The highest BCUT2D eigenvalue weighted by atomic mass is 19.2. The SMILES string of the molecule is O[C@H]1CCC[C@@H]1Nc1ccc(F)c(F)c1F. The topological polar surface area (TPSA) is 32.3 Å². The maximum absolute atomic E-state index is 13.3. The van der Waals surface area contributed by atoms with E-state index in [-0.39, 0.29) is 11.7 Å². The summed E-state index contributed by atoms with van der Waals surface area (Å²) < 4.78 is 38.9. The van der Waals surface area contributed by atoms with Crippen molar-refractivity contribution in [3.8, 4) is 0 Å². The van der Waals surface area contributed by atoms with Gasteiger partial charge in [0.25, 0.3) is 0 Å². The molecule has 0 saturated heterocycles. The molecule has 1 saturated carbocycles. The van der Waals surface area contributed by atoms with Gasteiger partial charge < -0.3 is 10.4 Å². The highest BCUT2D eigenvalue weighted by Gasteiger charge is 2.26. The van der Waals surface area contributed by atoms with Crippen molar-refractivity contribution in [2.75, 3.05) is 5.32 Å². The van der Waals surface area contributed by atoms with Gasteiger partial charge in [-0.2, -0.15) is 0 Å². The van der Waals surface area contributed by atoms with Gasteiger partial charge in [-0.15, -0.1) is 0 Å². The van der Waals surface area contributed by atoms with Gasteiger partial charge in [0, 0.05) is 0 Å². The average Bonchev–Trinajstić information content (AvgIpc) is 2.65. The summed E-state index contributed by atoms with van der Waals surface area (Å²) in [5.74, 6) is -3.94. The number of nitrogens with one attached hydrogen (secondary N) is 1. The first kappa shape index (κ1) is 11.3. The van der Waals surface area contributed by atoms with E-state index >= 15 is 0 Å². The van der Waals surface area contributed by atoms with Crippen LogP contribution in [0.1, 0.15) is 19.3 Å². The fourth-order valence-electron chi connectivity index (χ4n) is 1.95. The van der Waals surface area contributed by atoms with E-state index in [2.05, 4.69) is 5.32 Å². The van der Waals surface area contributed by atoms with Crippen LogP contribution in [-0.4, -0.2) is 17.3 Å². The molecule has 16 heavy (non-hydrogen) atoms. The van der Waals surface area contributed by atoms with Crippen molar-refractivity contribution >= 4 is 5.69 Å². The third-order valence-corrected chi connectivity index (χ3v) is 2.86. The summed E-state index contributed by atoms with van der Waals surface area (Å²) in [6.45, 7) is 0. The van der Waals surface area contributed by atoms with Crippen LogP contribution in [0, 0.1) is 17.5 Å². The summed E-state index contributed by atoms with van der Waals surface area (Å²) in [5.41, 5.74) is -0.107. The summed E-state index contributed by atoms with van der Waals surface area (Å²) >= 11 is 0. The van der Waals surface area contributed by atoms with Crippen LogP contribution in [0.25, 0.3) is 0 Å². The Kier molecular flexibility index (Phi) is 3.05. The second-order valence-electron chi connectivity index (χ2n) is 3.97. The minimum absolute atomic E-state index is 0.107. The standard InChI is InChI=1S/C11H12F3NO/c12-6-4-5-8(11(14)10(6)13)15-7-2-1-3-9(7)16/h4-5,7,9,15-16H,1-3H2/t7-,9-/m0/s1. The van der Waals surface area contributed by atoms with Gasteiger partial charge in [0.1, 0.15) is 0 Å². The predicted molar refractivity (Wildman–Crippen MR) is 53.6 cm³/mol. The van der Waals surface area contributed by atoms with E-state index in [1.54, 1.807) is 0 Å². The van der Waals surface area contributed by atoms with Crippen molar-refractivity contribution in [2.45, 2.75) is 31.4 Å². The van der Waals surface area contributed by atoms with Crippen LogP contribution in [0.3, 0.4) is 0 Å². The van der Waals surface area contributed by atoms with E-state index in [1.807, 2.05) is 0 Å². The van der Waals surface area contributed by atoms with Crippen molar-refractivity contribution in [1.82, 2.24) is 0 Å². The zero-order valence-corrected chi connectivity index (χ0v) is 8.51. The maximum atomic E-state index is 13.3. The Morgan fingerprint density at radius 1 is 1.12 bits per heavy atom. The lowest BCUT2D eigenvalue weighted by Gasteiger charge is -2.18. The molecule has 88 valence electrons. The molecule has 2 nitrogen and oxygen atoms in total. The Hall–Kier alpha value is -1.23. The summed E-state index contributed by atoms with van der Waals surface area (Å²) in [5, 5.41) is 12.2. The molecule has 2 N–H and O–H groups in total. The molecule has 1 aliphatic rings. The number of anilines is 1. The van der Waals surface area contributed by atoms with Gasteiger partial charge in [-0.05, 0) is 31.4 Å². The first-order chi connectivity index (χ1) is 7.59. The van der Waals surface area contributed by atoms with Gasteiger partial charge >= 0.3 is 0 Å². The van der Waals surface area contributed by atoms with Gasteiger partial charge in [0.2, 0.25) is 0 Å². The second-order valence-corrected chi connectivity index (χ2v) is 3.97. The average molecular weight is 231 g/mol. The number of aliphatic hydroxyl groups is 1. The Balaban J connectivity index is 2.18. The zero-order valence-electron chi connectivity index (χ0n) is 8.51. The Labute approximate surface area is 91.1 Å². The summed E-state index contributed by atoms with van der Waals surface area (Å²) in [6, 6.07) is 1.71. The molecule has 0 unspecified atom stereocenters. The van der Waals surface area contributed by atoms with E-state index < -0.39 is 23.6 Å². The van der Waals surface area contributed by atoms with Gasteiger partial charge in [-0.25, -0.2) is 13.2 Å². The molecule has 0 aliphatic heterocycles. The molecule has 0 bridgehead atoms. The molecule has 0 aromatic heterocycles. The summed E-state index contributed by atoms with van der Waals surface area (Å²) in [4.78, 5) is 0. The van der Waals surface area contributed by atoms with Gasteiger partial charge in [-0.3, -0.25) is 0 Å². The first-order valence-corrected chi connectivity index (χ1v) is 5.17. The number of benzene rings is 1. The smallest absolute Gasteiger partial charge is 0.196 e. The van der Waals surface area contributed by atoms with E-state index in [9.17, 15) is 18.3 Å². The number of aliphatic hydroxyl groups excluding tert-OH is 1. The van der Waals surface area contributed by atoms with Gasteiger partial charge in [0.05, 0.1) is 17.8 Å². The Morgan fingerprint density at radius 3 is 2.50 bits per heavy atom. The van der Waals surface area contributed by atoms with Crippen molar-refractivity contribution in [1.29, 1.82) is 0 Å². The molecule has 2 rings (SSSR count). The third kappa shape index (κ3) is 2.00. The predicted octanol–water partition coefficient (Wildman–Crippen LogP) is 2.43. The lowest BCUT2D eigenvalue weighted by Crippen LogP contribution is -2.28. The Morgan fingerprint density at radius 2 is 1.88 bits per heavy atom. The van der Waals surface area contributed by atoms with Gasteiger partial charge in [0.15, 0.2) is 17.5 Å². The molecular formula is C11H12F3NO. The van der Waals surface area contributed by atoms with Crippen LogP contribution in [0.5, 0.6) is 0 Å². The van der Waals surface area contributed by atoms with Crippen LogP contribution >= 0.6 is 0 Å². The molecule has 1 fully saturated rings. The highest BCUT2D eigenvalue weighted by Crippen LogP contribution is 2.26. The fourth-order valence-corrected chi connectivity index (χ4v) is 1.95. The quantitative estimate of drug-likeness (QED) is 0.766. The van der Waals surface area contributed by atoms with Crippen molar-refractivity contribution in [2.24, 2.45) is 0 Å². The molecule has 0 amide bonds. The van der Waals surface area contributed by atoms with Crippen LogP contribution in [-0.2, 0) is 0 Å². The lowest BCUT2D eigenvalue weighted by atomic mass is 10.2. The van der Waals surface area contributed by atoms with E-state index in [0.717, 1.165) is 18.6 Å². The Bertz CT molecular complexity index is 397. The highest BCUT2D eigenvalue weighted by molar-refractivity contribution is 5.46. The minimum atomic E-state index is -1.49. The molecule has 0 spiro atoms. The summed E-state index contributed by atoms with van der Waals surface area (Å²) in [7, 11) is 0. The molecule has 1 aromatic rings. The lowest BCUT2D eigenvalue weighted by molar-refractivity contribution is 0.171. The number of rotatable bonds is 2. The monoisotopic (exact) mass is 231 g/mol. The van der Waals surface area contributed by atoms with Crippen molar-refractivity contribution in [3.05, 3.63) is 29.6 Å². The molecule has 5 heteroatoms. The van der Waals surface area contributed by atoms with Crippen molar-refractivity contribution < 1.29 is 18.3 Å². The minimum Gasteiger partial charge on any atom is -0.391 e. The number of hydrogen-bond acceptors (Lipinski definition) is 2. The van der Waals surface area contributed by atoms with Crippen LogP contribution in [0.2, 0.25) is 0 Å². The van der Waals surface area contributed by atoms with Gasteiger partial charge in [-0.1, -0.05) is 0 Å². The van der Waals surface area contributed by atoms with E-state index in [4.69, 9.17) is 0 Å². The summed E-state index contributed by atoms with van der Waals surface area (Å²) in [6.07, 6.45) is 1.61. The number of halogens is 3. The van der Waals surface area contributed by atoms with Crippen LogP contribution < -0.4 is 5.32 Å². The number of hydrogen-bond donors (Lipinski definition) is 2. The normalized spacial score (nSPS) is 24.8. The van der Waals surface area contributed by atoms with Crippen LogP contribution in [0.15, 0.2) is 12.1 Å². The molecule has 2 atom stereocenters.